The normalized spacial score (nSPS) is 11.2. The Hall–Kier alpha value is -6.12. The molecule has 12 heteroatoms. The Kier molecular flexibility index (Phi) is 15.6. The van der Waals surface area contributed by atoms with Gasteiger partial charge in [-0.25, -0.2) is 0 Å². The first-order valence-corrected chi connectivity index (χ1v) is 27.7. The number of benzene rings is 10. The molecular formula is C60H48O6S6. The molecule has 0 aliphatic rings. The van der Waals surface area contributed by atoms with E-state index in [1.807, 2.05) is 72.8 Å². The van der Waals surface area contributed by atoms with Gasteiger partial charge in [0.15, 0.2) is 0 Å². The van der Waals surface area contributed by atoms with Crippen LogP contribution < -0.4 is 28.4 Å². The van der Waals surface area contributed by atoms with E-state index >= 15 is 0 Å². The molecular weight excluding hydrogens is 1010 g/mol. The van der Waals surface area contributed by atoms with E-state index in [0.717, 1.165) is 93.2 Å². The summed E-state index contributed by atoms with van der Waals surface area (Å²) in [5, 5.41) is 7.01. The topological polar surface area (TPSA) is 55.4 Å². The molecule has 0 aliphatic heterocycles. The second-order valence-corrected chi connectivity index (χ2v) is 22.9. The van der Waals surface area contributed by atoms with Gasteiger partial charge >= 0.3 is 0 Å². The molecule has 10 aromatic carbocycles. The fourth-order valence-electron chi connectivity index (χ4n) is 8.12. The lowest BCUT2D eigenvalue weighted by molar-refractivity contribution is 0.414. The molecule has 0 heterocycles. The second-order valence-electron chi connectivity index (χ2n) is 16.2. The molecule has 0 aliphatic carbocycles. The SMILES string of the molecule is COc1ccc(Sc2cc3c4cc(Sc5ccc(OC)cc5)c(Sc5ccc(OC)cc5)cc4c4cc(Sc5ccc(OC)cc5)c(Sc5ccc(OC)cc5)cc4c3cc2Sc2ccc(OC)cc2)cc1. The predicted octanol–water partition coefficient (Wildman–Crippen LogP) is 18.1. The van der Waals surface area contributed by atoms with Crippen LogP contribution in [0.15, 0.2) is 241 Å². The summed E-state index contributed by atoms with van der Waals surface area (Å²) in [5.41, 5.74) is 0. The van der Waals surface area contributed by atoms with Crippen molar-refractivity contribution >= 4 is 103 Å². The third-order valence-electron chi connectivity index (χ3n) is 11.8. The Morgan fingerprint density at radius 2 is 0.319 bits per heavy atom. The number of hydrogen-bond donors (Lipinski definition) is 0. The molecule has 0 spiro atoms. The Morgan fingerprint density at radius 1 is 0.194 bits per heavy atom. The smallest absolute Gasteiger partial charge is 0.118 e. The lowest BCUT2D eigenvalue weighted by Crippen LogP contribution is -1.92. The zero-order chi connectivity index (χ0) is 49.6. The number of ether oxygens (including phenoxy) is 6. The molecule has 0 unspecified atom stereocenters. The Bertz CT molecular complexity index is 2860. The van der Waals surface area contributed by atoms with Crippen LogP contribution in [-0.2, 0) is 0 Å². The summed E-state index contributed by atoms with van der Waals surface area (Å²) in [7, 11) is 10.2. The van der Waals surface area contributed by atoms with E-state index in [9.17, 15) is 0 Å². The van der Waals surface area contributed by atoms with E-state index in [1.54, 1.807) is 113 Å². The molecule has 10 rings (SSSR count). The van der Waals surface area contributed by atoms with Crippen molar-refractivity contribution in [3.8, 4) is 34.5 Å². The summed E-state index contributed by atoms with van der Waals surface area (Å²) in [6, 6.07) is 64.3. The van der Waals surface area contributed by atoms with Crippen LogP contribution in [0.5, 0.6) is 34.5 Å². The van der Waals surface area contributed by atoms with Gasteiger partial charge in [0.2, 0.25) is 0 Å². The molecule has 0 fully saturated rings. The minimum atomic E-state index is 0.821. The average Bonchev–Trinajstić information content (AvgIpc) is 3.43. The molecule has 0 atom stereocenters. The van der Waals surface area contributed by atoms with E-state index in [-0.39, 0.29) is 0 Å². The Morgan fingerprint density at radius 3 is 0.431 bits per heavy atom. The summed E-state index contributed by atoms with van der Waals surface area (Å²) in [5.74, 6) is 4.92. The molecule has 360 valence electrons. The highest BCUT2D eigenvalue weighted by Gasteiger charge is 2.21. The quantitative estimate of drug-likeness (QED) is 0.0769. The van der Waals surface area contributed by atoms with E-state index in [4.69, 9.17) is 28.4 Å². The highest BCUT2D eigenvalue weighted by Crippen LogP contribution is 2.51. The van der Waals surface area contributed by atoms with Gasteiger partial charge in [-0.1, -0.05) is 70.6 Å². The Labute approximate surface area is 445 Å². The van der Waals surface area contributed by atoms with Crippen molar-refractivity contribution in [1.82, 2.24) is 0 Å². The summed E-state index contributed by atoms with van der Waals surface area (Å²) in [6.45, 7) is 0. The van der Waals surface area contributed by atoms with Crippen LogP contribution in [-0.4, -0.2) is 42.7 Å². The van der Waals surface area contributed by atoms with Crippen LogP contribution in [0, 0.1) is 0 Å². The van der Waals surface area contributed by atoms with Crippen LogP contribution in [0.2, 0.25) is 0 Å². The number of fused-ring (bicyclic) bond motifs is 6. The molecule has 0 saturated heterocycles. The van der Waals surface area contributed by atoms with E-state index < -0.39 is 0 Å². The van der Waals surface area contributed by atoms with E-state index in [2.05, 4.69) is 109 Å². The minimum absolute atomic E-state index is 0.821. The third kappa shape index (κ3) is 11.2. The summed E-state index contributed by atoms with van der Waals surface area (Å²) >= 11 is 10.6. The van der Waals surface area contributed by atoms with Crippen molar-refractivity contribution in [3.05, 3.63) is 182 Å². The molecule has 0 aromatic heterocycles. The predicted molar refractivity (Wildman–Crippen MR) is 302 cm³/mol. The lowest BCUT2D eigenvalue weighted by atomic mass is 9.94. The molecule has 0 saturated carbocycles. The zero-order valence-electron chi connectivity index (χ0n) is 40.2. The molecule has 0 N–H and O–H groups in total. The van der Waals surface area contributed by atoms with Crippen molar-refractivity contribution in [2.45, 2.75) is 58.7 Å². The van der Waals surface area contributed by atoms with Gasteiger partial charge in [-0.15, -0.1) is 0 Å². The fourth-order valence-corrected chi connectivity index (χ4v) is 14.0. The summed E-state index contributed by atoms with van der Waals surface area (Å²) in [6.07, 6.45) is 0. The van der Waals surface area contributed by atoms with Crippen molar-refractivity contribution in [2.75, 3.05) is 42.7 Å². The number of rotatable bonds is 18. The third-order valence-corrected chi connectivity index (χ3v) is 18.6. The molecule has 0 amide bonds. The maximum absolute atomic E-state index is 5.57. The van der Waals surface area contributed by atoms with Crippen molar-refractivity contribution in [1.29, 1.82) is 0 Å². The minimum Gasteiger partial charge on any atom is -0.497 e. The monoisotopic (exact) mass is 1060 g/mol. The van der Waals surface area contributed by atoms with Gasteiger partial charge in [0.05, 0.1) is 42.7 Å². The van der Waals surface area contributed by atoms with Crippen LogP contribution >= 0.6 is 70.6 Å². The van der Waals surface area contributed by atoms with Crippen LogP contribution in [0.3, 0.4) is 0 Å². The first-order chi connectivity index (χ1) is 35.3. The van der Waals surface area contributed by atoms with E-state index in [0.29, 0.717) is 0 Å². The molecule has 72 heavy (non-hydrogen) atoms. The van der Waals surface area contributed by atoms with Crippen molar-refractivity contribution < 1.29 is 28.4 Å². The van der Waals surface area contributed by atoms with Crippen molar-refractivity contribution in [3.63, 3.8) is 0 Å². The van der Waals surface area contributed by atoms with Crippen molar-refractivity contribution in [2.24, 2.45) is 0 Å². The van der Waals surface area contributed by atoms with Gasteiger partial charge < -0.3 is 28.4 Å². The average molecular weight is 1060 g/mol. The maximum Gasteiger partial charge on any atom is 0.118 e. The highest BCUT2D eigenvalue weighted by atomic mass is 32.2. The summed E-state index contributed by atoms with van der Waals surface area (Å²) in [4.78, 5) is 13.6. The summed E-state index contributed by atoms with van der Waals surface area (Å²) < 4.78 is 33.4. The Balaban J connectivity index is 1.26. The first-order valence-electron chi connectivity index (χ1n) is 22.8. The maximum atomic E-state index is 5.57. The fraction of sp³-hybridized carbons (Fsp3) is 0.100. The van der Waals surface area contributed by atoms with Gasteiger partial charge in [-0.2, -0.15) is 0 Å². The first kappa shape index (κ1) is 49.5. The van der Waals surface area contributed by atoms with Gasteiger partial charge in [0.1, 0.15) is 34.5 Å². The van der Waals surface area contributed by atoms with E-state index in [1.165, 1.54) is 32.3 Å². The lowest BCUT2D eigenvalue weighted by Gasteiger charge is -2.20. The molecule has 10 aromatic rings. The van der Waals surface area contributed by atoms with Crippen LogP contribution in [0.4, 0.5) is 0 Å². The number of hydrogen-bond acceptors (Lipinski definition) is 12. The van der Waals surface area contributed by atoms with Crippen LogP contribution in [0.25, 0.3) is 32.3 Å². The molecule has 6 nitrogen and oxygen atoms in total. The second kappa shape index (κ2) is 22.7. The van der Waals surface area contributed by atoms with Gasteiger partial charge in [-0.3, -0.25) is 0 Å². The zero-order valence-corrected chi connectivity index (χ0v) is 45.1. The van der Waals surface area contributed by atoms with Crippen LogP contribution in [0.1, 0.15) is 0 Å². The highest BCUT2D eigenvalue weighted by molar-refractivity contribution is 8.03. The standard InChI is InChI=1S/C60H48O6S6/c1-61-37-7-19-43(20-8-37)67-55-31-49-50(32-56(55)68-44-21-9-38(62-2)10-22-44)52-34-58(70-46-25-13-40(64-4)14-26-46)60(72-48-29-17-42(66-6)18-30-48)36-54(52)53-35-59(71-47-27-15-41(65-5)16-28-47)57(33-51(49)53)69-45-23-11-39(63-3)12-24-45/h7-36H,1-6H3. The van der Waals surface area contributed by atoms with Gasteiger partial charge in [-0.05, 0) is 214 Å². The van der Waals surface area contributed by atoms with Gasteiger partial charge in [0, 0.05) is 58.7 Å². The largest absolute Gasteiger partial charge is 0.497 e. The molecule has 0 bridgehead atoms. The van der Waals surface area contributed by atoms with Gasteiger partial charge in [0.25, 0.3) is 0 Å². The number of methoxy groups -OCH3 is 6. The molecule has 0 radical (unpaired) electrons.